The lowest BCUT2D eigenvalue weighted by Crippen LogP contribution is -2.42. The molecule has 5 nitrogen and oxygen atoms in total. The molecule has 2 heterocycles. The topological polar surface area (TPSA) is 83.3 Å². The van der Waals surface area contributed by atoms with Gasteiger partial charge in [0.25, 0.3) is 0 Å². The summed E-state index contributed by atoms with van der Waals surface area (Å²) in [4.78, 5) is 15.4. The Bertz CT molecular complexity index is 1250. The summed E-state index contributed by atoms with van der Waals surface area (Å²) in [5, 5.41) is 11.6. The summed E-state index contributed by atoms with van der Waals surface area (Å²) >= 11 is 14.4. The summed E-state index contributed by atoms with van der Waals surface area (Å²) in [5.41, 5.74) is 9.40. The van der Waals surface area contributed by atoms with Crippen molar-refractivity contribution in [1.29, 1.82) is 5.26 Å². The molecule has 0 radical (unpaired) electrons. The highest BCUT2D eigenvalue weighted by molar-refractivity contribution is 7.99. The minimum atomic E-state index is -0.589. The number of Topliss-reactive ketones (excluding diaryl/α,β-unsaturated/α-hetero) is 1. The third kappa shape index (κ3) is 4.07. The summed E-state index contributed by atoms with van der Waals surface area (Å²) in [6, 6.07) is 9.47. The maximum Gasteiger partial charge on any atom is 0.164 e. The third-order valence-corrected chi connectivity index (χ3v) is 7.67. The molecular weight excluding hydrogens is 477 g/mol. The molecule has 0 amide bonds. The van der Waals surface area contributed by atoms with Crippen LogP contribution in [-0.2, 0) is 4.79 Å². The van der Waals surface area contributed by atoms with Crippen molar-refractivity contribution in [2.75, 3.05) is 10.7 Å². The highest BCUT2D eigenvalue weighted by Crippen LogP contribution is 2.52. The van der Waals surface area contributed by atoms with E-state index in [1.807, 2.05) is 19.9 Å². The summed E-state index contributed by atoms with van der Waals surface area (Å²) in [7, 11) is 0. The normalized spacial score (nSPS) is 20.2. The van der Waals surface area contributed by atoms with Crippen molar-refractivity contribution in [3.05, 3.63) is 68.3 Å². The van der Waals surface area contributed by atoms with Gasteiger partial charge in [-0.15, -0.1) is 0 Å². The molecule has 1 unspecified atom stereocenters. The van der Waals surface area contributed by atoms with Crippen LogP contribution in [0.4, 0.5) is 5.69 Å². The Kier molecular flexibility index (Phi) is 6.34. The van der Waals surface area contributed by atoms with Crippen molar-refractivity contribution in [2.24, 2.45) is 11.1 Å². The second kappa shape index (κ2) is 8.79. The lowest BCUT2D eigenvalue weighted by atomic mass is 9.69. The number of nitrogens with two attached hydrogens (primary N) is 1. The van der Waals surface area contributed by atoms with E-state index in [4.69, 9.17) is 33.4 Å². The number of halogens is 2. The molecule has 8 heteroatoms. The van der Waals surface area contributed by atoms with Gasteiger partial charge < -0.3 is 10.2 Å². The van der Waals surface area contributed by atoms with Gasteiger partial charge in [-0.3, -0.25) is 9.69 Å². The number of anilines is 1. The van der Waals surface area contributed by atoms with Crippen LogP contribution >= 0.6 is 35.0 Å². The average Bonchev–Trinajstić information content (AvgIpc) is 3.09. The fourth-order valence-corrected chi connectivity index (χ4v) is 5.89. The van der Waals surface area contributed by atoms with Gasteiger partial charge in [0.2, 0.25) is 0 Å². The number of carbonyl (C=O) groups excluding carboxylic acids is 1. The second-order valence-electron chi connectivity index (χ2n) is 9.09. The van der Waals surface area contributed by atoms with Crippen LogP contribution in [0.2, 0.25) is 10.0 Å². The molecule has 1 atom stereocenters. The molecule has 0 saturated carbocycles. The van der Waals surface area contributed by atoms with Gasteiger partial charge in [-0.2, -0.15) is 5.26 Å². The minimum absolute atomic E-state index is 0.000882. The number of allylic oxidation sites excluding steroid dienone is 3. The number of rotatable bonds is 4. The van der Waals surface area contributed by atoms with Gasteiger partial charge in [0.15, 0.2) is 10.9 Å². The van der Waals surface area contributed by atoms with Gasteiger partial charge in [-0.05, 0) is 42.7 Å². The van der Waals surface area contributed by atoms with E-state index in [0.29, 0.717) is 44.8 Å². The third-order valence-electron chi connectivity index (χ3n) is 5.99. The van der Waals surface area contributed by atoms with Crippen molar-refractivity contribution in [2.45, 2.75) is 51.5 Å². The van der Waals surface area contributed by atoms with Crippen molar-refractivity contribution >= 4 is 46.4 Å². The fourth-order valence-electron chi connectivity index (χ4n) is 4.72. The Hall–Kier alpha value is -2.33. The molecular formula is C25H25Cl2N3O2S. The standard InChI is InChI=1S/C25H25Cl2N3O2S/c1-5-33-24-14(9-13(2)32-24)20-15(12-28)23(29)30(17-8-6-7-16(26)22(17)27)18-10-25(3,4)11-19(31)21(18)20/h6-9,20H,5,10-11,29H2,1-4H3. The molecule has 0 spiro atoms. The highest BCUT2D eigenvalue weighted by atomic mass is 35.5. The zero-order chi connectivity index (χ0) is 24.1. The molecule has 33 heavy (non-hydrogen) atoms. The van der Waals surface area contributed by atoms with Crippen LogP contribution in [-0.4, -0.2) is 11.5 Å². The SMILES string of the molecule is CCSc1oc(C)cc1C1C(C#N)=C(N)N(c2cccc(Cl)c2Cl)C2=C1C(=O)CC(C)(C)C2. The Labute approximate surface area is 208 Å². The highest BCUT2D eigenvalue weighted by Gasteiger charge is 2.46. The zero-order valence-corrected chi connectivity index (χ0v) is 21.3. The number of carbonyl (C=O) groups is 1. The average molecular weight is 502 g/mol. The zero-order valence-electron chi connectivity index (χ0n) is 19.0. The molecule has 0 bridgehead atoms. The number of hydrogen-bond donors (Lipinski definition) is 1. The molecule has 2 N–H and O–H groups in total. The van der Waals surface area contributed by atoms with Crippen molar-refractivity contribution in [3.63, 3.8) is 0 Å². The van der Waals surface area contributed by atoms with Crippen LogP contribution in [0.15, 0.2) is 56.4 Å². The van der Waals surface area contributed by atoms with Crippen molar-refractivity contribution in [1.82, 2.24) is 0 Å². The summed E-state index contributed by atoms with van der Waals surface area (Å²) in [6.45, 7) is 8.01. The van der Waals surface area contributed by atoms with Gasteiger partial charge in [-0.1, -0.05) is 61.8 Å². The molecule has 1 aliphatic carbocycles. The van der Waals surface area contributed by atoms with Gasteiger partial charge in [-0.25, -0.2) is 0 Å². The fraction of sp³-hybridized carbons (Fsp3) is 0.360. The number of hydrogen-bond acceptors (Lipinski definition) is 6. The van der Waals surface area contributed by atoms with Crippen LogP contribution < -0.4 is 10.6 Å². The summed E-state index contributed by atoms with van der Waals surface area (Å²) < 4.78 is 5.94. The van der Waals surface area contributed by atoms with E-state index < -0.39 is 5.92 Å². The summed E-state index contributed by atoms with van der Waals surface area (Å²) in [5.74, 6) is 1.19. The van der Waals surface area contributed by atoms with E-state index in [1.54, 1.807) is 34.9 Å². The molecule has 0 fully saturated rings. The number of ketones is 1. The number of nitriles is 1. The number of aryl methyl sites for hydroxylation is 1. The van der Waals surface area contributed by atoms with E-state index in [2.05, 4.69) is 19.9 Å². The van der Waals surface area contributed by atoms with Crippen LogP contribution in [0.25, 0.3) is 0 Å². The first kappa shape index (κ1) is 23.8. The van der Waals surface area contributed by atoms with E-state index in [0.717, 1.165) is 22.8 Å². The van der Waals surface area contributed by atoms with Gasteiger partial charge in [0.1, 0.15) is 11.6 Å². The van der Waals surface area contributed by atoms with E-state index in [-0.39, 0.29) is 17.0 Å². The lowest BCUT2D eigenvalue weighted by molar-refractivity contribution is -0.118. The number of benzene rings is 1. The van der Waals surface area contributed by atoms with E-state index >= 15 is 0 Å². The minimum Gasteiger partial charge on any atom is -0.455 e. The summed E-state index contributed by atoms with van der Waals surface area (Å²) in [6.07, 6.45) is 0.977. The molecule has 4 rings (SSSR count). The van der Waals surface area contributed by atoms with Gasteiger partial charge in [0, 0.05) is 23.3 Å². The monoisotopic (exact) mass is 501 g/mol. The molecule has 1 aromatic heterocycles. The number of furan rings is 1. The molecule has 2 aromatic rings. The predicted molar refractivity (Wildman–Crippen MR) is 133 cm³/mol. The molecule has 2 aliphatic rings. The Morgan fingerprint density at radius 3 is 2.73 bits per heavy atom. The Balaban J connectivity index is 2.04. The first-order chi connectivity index (χ1) is 15.6. The van der Waals surface area contributed by atoms with Gasteiger partial charge >= 0.3 is 0 Å². The molecule has 0 saturated heterocycles. The van der Waals surface area contributed by atoms with Gasteiger partial charge in [0.05, 0.1) is 33.3 Å². The molecule has 172 valence electrons. The quantitative estimate of drug-likeness (QED) is 0.456. The lowest BCUT2D eigenvalue weighted by Gasteiger charge is -2.43. The molecule has 1 aromatic carbocycles. The maximum atomic E-state index is 13.6. The van der Waals surface area contributed by atoms with Crippen molar-refractivity contribution in [3.8, 4) is 6.07 Å². The Morgan fingerprint density at radius 2 is 2.06 bits per heavy atom. The first-order valence-electron chi connectivity index (χ1n) is 10.7. The van der Waals surface area contributed by atoms with E-state index in [1.165, 1.54) is 0 Å². The van der Waals surface area contributed by atoms with Crippen LogP contribution in [0, 0.1) is 23.7 Å². The predicted octanol–water partition coefficient (Wildman–Crippen LogP) is 6.95. The largest absolute Gasteiger partial charge is 0.455 e. The smallest absolute Gasteiger partial charge is 0.164 e. The Morgan fingerprint density at radius 1 is 1.33 bits per heavy atom. The van der Waals surface area contributed by atoms with E-state index in [9.17, 15) is 10.1 Å². The van der Waals surface area contributed by atoms with Crippen LogP contribution in [0.5, 0.6) is 0 Å². The van der Waals surface area contributed by atoms with Crippen LogP contribution in [0.3, 0.4) is 0 Å². The molecule has 1 aliphatic heterocycles. The number of thioether (sulfide) groups is 1. The van der Waals surface area contributed by atoms with Crippen molar-refractivity contribution < 1.29 is 9.21 Å². The maximum absolute atomic E-state index is 13.6. The number of nitrogens with zero attached hydrogens (tertiary/aromatic N) is 2. The first-order valence-corrected chi connectivity index (χ1v) is 12.5. The van der Waals surface area contributed by atoms with Crippen LogP contribution in [0.1, 0.15) is 50.9 Å². The second-order valence-corrected chi connectivity index (χ2v) is 11.1.